The van der Waals surface area contributed by atoms with Crippen LogP contribution in [0.15, 0.2) is 24.3 Å². The Morgan fingerprint density at radius 3 is 2.85 bits per heavy atom. The summed E-state index contributed by atoms with van der Waals surface area (Å²) in [6.45, 7) is 8.20. The Balaban J connectivity index is 1.88. The normalized spacial score (nSPS) is 22.4. The Kier molecular flexibility index (Phi) is 6.34. The van der Waals surface area contributed by atoms with Crippen LogP contribution in [-0.4, -0.2) is 30.6 Å². The average Bonchev–Trinajstić information content (AvgIpc) is 2.65. The molecule has 1 N–H and O–H groups in total. The third kappa shape index (κ3) is 4.47. The van der Waals surface area contributed by atoms with Gasteiger partial charge in [-0.2, -0.15) is 0 Å². The molecule has 2 atom stereocenters. The first-order chi connectivity index (χ1) is 9.70. The van der Waals surface area contributed by atoms with Gasteiger partial charge in [0.2, 0.25) is 0 Å². The van der Waals surface area contributed by atoms with Gasteiger partial charge in [0.1, 0.15) is 0 Å². The molecule has 2 nitrogen and oxygen atoms in total. The fourth-order valence-corrected chi connectivity index (χ4v) is 3.43. The lowest BCUT2D eigenvalue weighted by atomic mass is 10.0. The predicted molar refractivity (Wildman–Crippen MR) is 87.4 cm³/mol. The summed E-state index contributed by atoms with van der Waals surface area (Å²) in [5.74, 6) is 0. The summed E-state index contributed by atoms with van der Waals surface area (Å²) >= 11 is 6.29. The van der Waals surface area contributed by atoms with Gasteiger partial charge in [-0.05, 0) is 63.9 Å². The second-order valence-corrected chi connectivity index (χ2v) is 6.29. The number of rotatable bonds is 5. The fourth-order valence-electron chi connectivity index (χ4n) is 3.13. The van der Waals surface area contributed by atoms with Gasteiger partial charge in [-0.25, -0.2) is 0 Å². The lowest BCUT2D eigenvalue weighted by Gasteiger charge is -2.23. The first-order valence-electron chi connectivity index (χ1n) is 7.93. The van der Waals surface area contributed by atoms with Gasteiger partial charge in [-0.15, -0.1) is 0 Å². The van der Waals surface area contributed by atoms with Crippen molar-refractivity contribution in [2.24, 2.45) is 0 Å². The lowest BCUT2D eigenvalue weighted by molar-refractivity contribution is 0.281. The van der Waals surface area contributed by atoms with E-state index in [4.69, 9.17) is 11.6 Å². The van der Waals surface area contributed by atoms with E-state index in [9.17, 15) is 0 Å². The maximum atomic E-state index is 6.29. The summed E-state index contributed by atoms with van der Waals surface area (Å²) in [7, 11) is 0. The van der Waals surface area contributed by atoms with Crippen molar-refractivity contribution in [3.8, 4) is 0 Å². The molecule has 20 heavy (non-hydrogen) atoms. The first kappa shape index (κ1) is 15.8. The number of nitrogens with zero attached hydrogens (tertiary/aromatic N) is 1. The van der Waals surface area contributed by atoms with E-state index in [0.717, 1.165) is 5.02 Å². The van der Waals surface area contributed by atoms with Gasteiger partial charge in [0.25, 0.3) is 0 Å². The summed E-state index contributed by atoms with van der Waals surface area (Å²) in [5, 5.41) is 4.64. The minimum atomic E-state index is 0.325. The van der Waals surface area contributed by atoms with E-state index in [1.165, 1.54) is 50.9 Å². The first-order valence-corrected chi connectivity index (χ1v) is 8.31. The van der Waals surface area contributed by atoms with Gasteiger partial charge >= 0.3 is 0 Å². The highest BCUT2D eigenvalue weighted by molar-refractivity contribution is 6.31. The van der Waals surface area contributed by atoms with Crippen molar-refractivity contribution in [1.29, 1.82) is 0 Å². The van der Waals surface area contributed by atoms with Crippen LogP contribution in [-0.2, 0) is 0 Å². The smallest absolute Gasteiger partial charge is 0.0453 e. The maximum absolute atomic E-state index is 6.29. The molecule has 0 aliphatic carbocycles. The molecule has 0 aromatic heterocycles. The molecule has 0 saturated carbocycles. The van der Waals surface area contributed by atoms with Crippen LogP contribution in [0.3, 0.4) is 0 Å². The van der Waals surface area contributed by atoms with E-state index < -0.39 is 0 Å². The van der Waals surface area contributed by atoms with Gasteiger partial charge in [-0.1, -0.05) is 36.7 Å². The van der Waals surface area contributed by atoms with Crippen molar-refractivity contribution in [3.63, 3.8) is 0 Å². The molecule has 0 spiro atoms. The minimum absolute atomic E-state index is 0.325. The molecule has 1 aromatic carbocycles. The van der Waals surface area contributed by atoms with Gasteiger partial charge in [0.15, 0.2) is 0 Å². The standard InChI is InChI=1S/C17H27ClN2/c1-3-11-20-12-6-7-15(10-13-20)19-14(2)16-8-4-5-9-17(16)18/h4-5,8-9,14-15,19H,3,6-7,10-13H2,1-2H3/t14-,15?/m0/s1. The monoisotopic (exact) mass is 294 g/mol. The predicted octanol–water partition coefficient (Wildman–Crippen LogP) is 4.26. The zero-order valence-corrected chi connectivity index (χ0v) is 13.5. The van der Waals surface area contributed by atoms with E-state index in [1.807, 2.05) is 12.1 Å². The van der Waals surface area contributed by atoms with Gasteiger partial charge in [-0.3, -0.25) is 0 Å². The largest absolute Gasteiger partial charge is 0.307 e. The van der Waals surface area contributed by atoms with E-state index in [-0.39, 0.29) is 0 Å². The van der Waals surface area contributed by atoms with Crippen LogP contribution in [0.5, 0.6) is 0 Å². The number of likely N-dealkylation sites (tertiary alicyclic amines) is 1. The third-order valence-electron chi connectivity index (χ3n) is 4.22. The van der Waals surface area contributed by atoms with Crippen LogP contribution < -0.4 is 5.32 Å². The van der Waals surface area contributed by atoms with Crippen molar-refractivity contribution in [3.05, 3.63) is 34.9 Å². The Bertz CT molecular complexity index is 408. The van der Waals surface area contributed by atoms with Crippen LogP contribution in [0.1, 0.15) is 51.1 Å². The number of hydrogen-bond acceptors (Lipinski definition) is 2. The highest BCUT2D eigenvalue weighted by Gasteiger charge is 2.19. The molecule has 1 aromatic rings. The van der Waals surface area contributed by atoms with Crippen molar-refractivity contribution in [1.82, 2.24) is 10.2 Å². The molecule has 2 rings (SSSR count). The number of halogens is 1. The number of benzene rings is 1. The molecule has 0 amide bonds. The maximum Gasteiger partial charge on any atom is 0.0453 e. The zero-order valence-electron chi connectivity index (χ0n) is 12.7. The van der Waals surface area contributed by atoms with Gasteiger partial charge in [0, 0.05) is 17.1 Å². The highest BCUT2D eigenvalue weighted by atomic mass is 35.5. The highest BCUT2D eigenvalue weighted by Crippen LogP contribution is 2.24. The summed E-state index contributed by atoms with van der Waals surface area (Å²) in [4.78, 5) is 2.60. The summed E-state index contributed by atoms with van der Waals surface area (Å²) in [6, 6.07) is 9.10. The third-order valence-corrected chi connectivity index (χ3v) is 4.56. The van der Waals surface area contributed by atoms with Crippen molar-refractivity contribution in [2.45, 2.75) is 51.6 Å². The molecule has 3 heteroatoms. The molecule has 1 fully saturated rings. The van der Waals surface area contributed by atoms with Crippen LogP contribution in [0, 0.1) is 0 Å². The van der Waals surface area contributed by atoms with E-state index in [1.54, 1.807) is 0 Å². The van der Waals surface area contributed by atoms with E-state index in [2.05, 4.69) is 36.2 Å². The number of hydrogen-bond donors (Lipinski definition) is 1. The SMILES string of the molecule is CCCN1CCCC(N[C@@H](C)c2ccccc2Cl)CC1. The van der Waals surface area contributed by atoms with Gasteiger partial charge < -0.3 is 10.2 Å². The molecule has 112 valence electrons. The Hall–Kier alpha value is -0.570. The Labute approximate surface area is 128 Å². The minimum Gasteiger partial charge on any atom is -0.307 e. The Morgan fingerprint density at radius 2 is 2.10 bits per heavy atom. The second kappa shape index (κ2) is 8.02. The summed E-state index contributed by atoms with van der Waals surface area (Å²) in [6.07, 6.45) is 5.07. The molecule has 1 aliphatic heterocycles. The molecular formula is C17H27ClN2. The summed E-state index contributed by atoms with van der Waals surface area (Å²) in [5.41, 5.74) is 1.21. The van der Waals surface area contributed by atoms with Crippen LogP contribution in [0.25, 0.3) is 0 Å². The molecule has 1 saturated heterocycles. The van der Waals surface area contributed by atoms with Crippen LogP contribution >= 0.6 is 11.6 Å². The molecular weight excluding hydrogens is 268 g/mol. The zero-order chi connectivity index (χ0) is 14.4. The summed E-state index contributed by atoms with van der Waals surface area (Å²) < 4.78 is 0. The van der Waals surface area contributed by atoms with Crippen LogP contribution in [0.2, 0.25) is 5.02 Å². The van der Waals surface area contributed by atoms with Crippen molar-refractivity contribution in [2.75, 3.05) is 19.6 Å². The fraction of sp³-hybridized carbons (Fsp3) is 0.647. The van der Waals surface area contributed by atoms with Crippen molar-refractivity contribution >= 4 is 11.6 Å². The topological polar surface area (TPSA) is 15.3 Å². The quantitative estimate of drug-likeness (QED) is 0.873. The number of nitrogens with one attached hydrogen (secondary N) is 1. The van der Waals surface area contributed by atoms with Gasteiger partial charge in [0.05, 0.1) is 0 Å². The molecule has 1 unspecified atom stereocenters. The molecule has 0 bridgehead atoms. The molecule has 0 radical (unpaired) electrons. The molecule has 1 heterocycles. The van der Waals surface area contributed by atoms with E-state index in [0.29, 0.717) is 12.1 Å². The molecule has 1 aliphatic rings. The van der Waals surface area contributed by atoms with E-state index >= 15 is 0 Å². The second-order valence-electron chi connectivity index (χ2n) is 5.88. The lowest BCUT2D eigenvalue weighted by Crippen LogP contribution is -2.33. The average molecular weight is 295 g/mol. The Morgan fingerprint density at radius 1 is 1.30 bits per heavy atom. The van der Waals surface area contributed by atoms with Crippen molar-refractivity contribution < 1.29 is 0 Å². The van der Waals surface area contributed by atoms with Crippen LogP contribution in [0.4, 0.5) is 0 Å².